The van der Waals surface area contributed by atoms with Gasteiger partial charge >= 0.3 is 0 Å². The Balaban J connectivity index is 1.85. The molecule has 1 saturated heterocycles. The van der Waals surface area contributed by atoms with E-state index in [4.69, 9.17) is 0 Å². The summed E-state index contributed by atoms with van der Waals surface area (Å²) < 4.78 is 1.96. The van der Waals surface area contributed by atoms with Gasteiger partial charge in [0.15, 0.2) is 0 Å². The van der Waals surface area contributed by atoms with E-state index in [9.17, 15) is 9.90 Å². The van der Waals surface area contributed by atoms with Crippen LogP contribution in [-0.2, 0) is 17.9 Å². The quantitative estimate of drug-likeness (QED) is 0.930. The number of nitrogens with zero attached hydrogens (tertiary/aromatic N) is 2. The predicted octanol–water partition coefficient (Wildman–Crippen LogP) is 2.15. The molecule has 0 radical (unpaired) electrons. The molecule has 1 aromatic carbocycles. The monoisotopic (exact) mass is 272 g/mol. The molecule has 1 fully saturated rings. The van der Waals surface area contributed by atoms with Crippen molar-refractivity contribution < 1.29 is 9.90 Å². The second kappa shape index (κ2) is 5.67. The van der Waals surface area contributed by atoms with Crippen molar-refractivity contribution in [1.82, 2.24) is 9.47 Å². The molecular weight excluding hydrogens is 252 g/mol. The van der Waals surface area contributed by atoms with Gasteiger partial charge in [-0.1, -0.05) is 18.2 Å². The number of amides is 1. The van der Waals surface area contributed by atoms with E-state index in [2.05, 4.69) is 0 Å². The zero-order valence-electron chi connectivity index (χ0n) is 11.6. The predicted molar refractivity (Wildman–Crippen MR) is 78.3 cm³/mol. The average Bonchev–Trinajstić information content (AvgIpc) is 2.91. The number of piperidine rings is 1. The average molecular weight is 272 g/mol. The Morgan fingerprint density at radius 1 is 1.15 bits per heavy atom. The van der Waals surface area contributed by atoms with Crippen molar-refractivity contribution in [3.05, 3.63) is 36.0 Å². The van der Waals surface area contributed by atoms with Gasteiger partial charge in [-0.05, 0) is 30.7 Å². The molecule has 4 nitrogen and oxygen atoms in total. The summed E-state index contributed by atoms with van der Waals surface area (Å²) in [6.45, 7) is 2.12. The highest BCUT2D eigenvalue weighted by Crippen LogP contribution is 2.21. The molecule has 0 atom stereocenters. The SMILES string of the molecule is O=C(Cn1ccc2cccc(CO)c21)N1CCCCC1. The summed E-state index contributed by atoms with van der Waals surface area (Å²) in [5, 5.41) is 10.5. The fraction of sp³-hybridized carbons (Fsp3) is 0.438. The van der Waals surface area contributed by atoms with E-state index in [0.717, 1.165) is 42.4 Å². The van der Waals surface area contributed by atoms with Gasteiger partial charge in [0, 0.05) is 24.8 Å². The topological polar surface area (TPSA) is 45.5 Å². The Bertz CT molecular complexity index is 612. The minimum Gasteiger partial charge on any atom is -0.392 e. The van der Waals surface area contributed by atoms with Crippen LogP contribution in [0.3, 0.4) is 0 Å². The fourth-order valence-electron chi connectivity index (χ4n) is 2.99. The summed E-state index contributed by atoms with van der Waals surface area (Å²) >= 11 is 0. The highest BCUT2D eigenvalue weighted by molar-refractivity contribution is 5.85. The van der Waals surface area contributed by atoms with Gasteiger partial charge in [0.05, 0.1) is 12.1 Å². The number of carbonyl (C=O) groups excluding carboxylic acids is 1. The Hall–Kier alpha value is -1.81. The fourth-order valence-corrected chi connectivity index (χ4v) is 2.99. The van der Waals surface area contributed by atoms with Gasteiger partial charge in [-0.25, -0.2) is 0 Å². The highest BCUT2D eigenvalue weighted by Gasteiger charge is 2.17. The van der Waals surface area contributed by atoms with E-state index < -0.39 is 0 Å². The maximum Gasteiger partial charge on any atom is 0.242 e. The number of hydrogen-bond acceptors (Lipinski definition) is 2. The van der Waals surface area contributed by atoms with Crippen LogP contribution in [0.15, 0.2) is 30.5 Å². The van der Waals surface area contributed by atoms with Gasteiger partial charge in [-0.2, -0.15) is 0 Å². The summed E-state index contributed by atoms with van der Waals surface area (Å²) in [7, 11) is 0. The minimum atomic E-state index is -0.000736. The van der Waals surface area contributed by atoms with Gasteiger partial charge in [-0.15, -0.1) is 0 Å². The highest BCUT2D eigenvalue weighted by atomic mass is 16.3. The summed E-state index contributed by atoms with van der Waals surface area (Å²) in [6.07, 6.45) is 5.39. The van der Waals surface area contributed by atoms with Crippen molar-refractivity contribution in [3.63, 3.8) is 0 Å². The molecule has 20 heavy (non-hydrogen) atoms. The lowest BCUT2D eigenvalue weighted by molar-refractivity contribution is -0.132. The molecule has 2 aromatic rings. The van der Waals surface area contributed by atoms with Crippen LogP contribution in [0.4, 0.5) is 0 Å². The maximum atomic E-state index is 12.4. The number of benzene rings is 1. The second-order valence-corrected chi connectivity index (χ2v) is 5.40. The first-order valence-corrected chi connectivity index (χ1v) is 7.25. The molecule has 4 heteroatoms. The standard InChI is InChI=1S/C16H20N2O2/c19-12-14-6-4-5-13-7-10-18(16(13)14)11-15(20)17-8-2-1-3-9-17/h4-7,10,19H,1-3,8-9,11-12H2. The molecule has 0 unspecified atom stereocenters. The van der Waals surface area contributed by atoms with E-state index in [1.54, 1.807) is 0 Å². The number of fused-ring (bicyclic) bond motifs is 1. The van der Waals surface area contributed by atoms with Crippen LogP contribution in [0.25, 0.3) is 10.9 Å². The molecule has 1 N–H and O–H groups in total. The van der Waals surface area contributed by atoms with Crippen LogP contribution in [0, 0.1) is 0 Å². The first kappa shape index (κ1) is 13.2. The van der Waals surface area contributed by atoms with Crippen molar-refractivity contribution in [3.8, 4) is 0 Å². The molecule has 0 aliphatic carbocycles. The Labute approximate surface area is 118 Å². The first-order chi connectivity index (χ1) is 9.79. The van der Waals surface area contributed by atoms with Crippen molar-refractivity contribution in [2.24, 2.45) is 0 Å². The minimum absolute atomic E-state index is 0.000736. The molecule has 1 amide bonds. The summed E-state index contributed by atoms with van der Waals surface area (Å²) in [5.41, 5.74) is 1.85. The number of aromatic nitrogens is 1. The lowest BCUT2D eigenvalue weighted by Crippen LogP contribution is -2.37. The molecule has 3 rings (SSSR count). The number of likely N-dealkylation sites (tertiary alicyclic amines) is 1. The van der Waals surface area contributed by atoms with Crippen molar-refractivity contribution in [2.75, 3.05) is 13.1 Å². The molecule has 2 heterocycles. The van der Waals surface area contributed by atoms with Gasteiger partial charge in [0.1, 0.15) is 6.54 Å². The molecule has 0 bridgehead atoms. The smallest absolute Gasteiger partial charge is 0.242 e. The lowest BCUT2D eigenvalue weighted by atomic mass is 10.1. The van der Waals surface area contributed by atoms with Crippen LogP contribution >= 0.6 is 0 Å². The normalized spacial score (nSPS) is 15.8. The molecule has 106 valence electrons. The third-order valence-corrected chi connectivity index (χ3v) is 4.06. The zero-order chi connectivity index (χ0) is 13.9. The van der Waals surface area contributed by atoms with E-state index >= 15 is 0 Å². The van der Waals surface area contributed by atoms with Gasteiger partial charge in [0.2, 0.25) is 5.91 Å². The van der Waals surface area contributed by atoms with Gasteiger partial charge in [-0.3, -0.25) is 4.79 Å². The summed E-state index contributed by atoms with van der Waals surface area (Å²) in [6, 6.07) is 7.85. The lowest BCUT2D eigenvalue weighted by Gasteiger charge is -2.27. The van der Waals surface area contributed by atoms with Gasteiger partial charge < -0.3 is 14.6 Å². The van der Waals surface area contributed by atoms with Crippen LogP contribution in [0.5, 0.6) is 0 Å². The maximum absolute atomic E-state index is 12.4. The third-order valence-electron chi connectivity index (χ3n) is 4.06. The van der Waals surface area contributed by atoms with Crippen molar-refractivity contribution in [1.29, 1.82) is 0 Å². The molecular formula is C16H20N2O2. The number of hydrogen-bond donors (Lipinski definition) is 1. The van der Waals surface area contributed by atoms with E-state index in [0.29, 0.717) is 6.54 Å². The van der Waals surface area contributed by atoms with Crippen LogP contribution in [0.1, 0.15) is 24.8 Å². The summed E-state index contributed by atoms with van der Waals surface area (Å²) in [5.74, 6) is 0.176. The van der Waals surface area contributed by atoms with Crippen LogP contribution in [-0.4, -0.2) is 33.6 Å². The number of rotatable bonds is 3. The Morgan fingerprint density at radius 3 is 2.70 bits per heavy atom. The zero-order valence-corrected chi connectivity index (χ0v) is 11.6. The van der Waals surface area contributed by atoms with Crippen molar-refractivity contribution >= 4 is 16.8 Å². The first-order valence-electron chi connectivity index (χ1n) is 7.25. The Kier molecular flexibility index (Phi) is 3.74. The van der Waals surface area contributed by atoms with E-state index in [1.807, 2.05) is 39.9 Å². The summed E-state index contributed by atoms with van der Waals surface area (Å²) in [4.78, 5) is 14.3. The molecule has 1 aliphatic rings. The van der Waals surface area contributed by atoms with Crippen LogP contribution in [0.2, 0.25) is 0 Å². The molecule has 0 spiro atoms. The van der Waals surface area contributed by atoms with Crippen LogP contribution < -0.4 is 0 Å². The third kappa shape index (κ3) is 2.43. The molecule has 0 saturated carbocycles. The number of aliphatic hydroxyl groups is 1. The van der Waals surface area contributed by atoms with Gasteiger partial charge in [0.25, 0.3) is 0 Å². The Morgan fingerprint density at radius 2 is 1.95 bits per heavy atom. The number of aliphatic hydroxyl groups excluding tert-OH is 1. The second-order valence-electron chi connectivity index (χ2n) is 5.40. The van der Waals surface area contributed by atoms with Crippen molar-refractivity contribution in [2.45, 2.75) is 32.4 Å². The molecule has 1 aliphatic heterocycles. The molecule has 1 aromatic heterocycles. The van der Waals surface area contributed by atoms with E-state index in [1.165, 1.54) is 6.42 Å². The van der Waals surface area contributed by atoms with E-state index in [-0.39, 0.29) is 12.5 Å². The number of carbonyl (C=O) groups is 1. The largest absolute Gasteiger partial charge is 0.392 e. The number of para-hydroxylation sites is 1.